The number of anilines is 1. The van der Waals surface area contributed by atoms with Crippen molar-refractivity contribution in [2.75, 3.05) is 18.9 Å². The molecule has 0 unspecified atom stereocenters. The first kappa shape index (κ1) is 16.3. The smallest absolute Gasteiger partial charge is 0.269 e. The van der Waals surface area contributed by atoms with Crippen molar-refractivity contribution in [3.63, 3.8) is 0 Å². The molecule has 0 bridgehead atoms. The van der Waals surface area contributed by atoms with Gasteiger partial charge in [0.15, 0.2) is 0 Å². The number of rotatable bonds is 4. The molecule has 4 nitrogen and oxygen atoms in total. The maximum absolute atomic E-state index is 12.0. The number of aromatic nitrogens is 1. The van der Waals surface area contributed by atoms with E-state index in [4.69, 9.17) is 0 Å². The Hall–Kier alpha value is -1.72. The van der Waals surface area contributed by atoms with Gasteiger partial charge in [-0.25, -0.2) is 13.8 Å². The van der Waals surface area contributed by atoms with Gasteiger partial charge < -0.3 is 10.6 Å². The van der Waals surface area contributed by atoms with Crippen molar-refractivity contribution in [3.8, 4) is 0 Å². The van der Waals surface area contributed by atoms with Gasteiger partial charge in [-0.2, -0.15) is 0 Å². The van der Waals surface area contributed by atoms with Crippen LogP contribution in [0.1, 0.15) is 29.9 Å². The summed E-state index contributed by atoms with van der Waals surface area (Å²) in [5, 5.41) is 4.91. The molecular weight excluding hydrogens is 240 g/mol. The summed E-state index contributed by atoms with van der Waals surface area (Å²) in [6.45, 7) is 5.25. The van der Waals surface area contributed by atoms with E-state index in [0.29, 0.717) is 11.4 Å². The highest BCUT2D eigenvalue weighted by Gasteiger charge is 2.09. The van der Waals surface area contributed by atoms with Gasteiger partial charge in [-0.15, -0.1) is 0 Å². The number of halogens is 2. The predicted octanol–water partition coefficient (Wildman–Crippen LogP) is 2.45. The number of alkyl halides is 2. The summed E-state index contributed by atoms with van der Waals surface area (Å²) in [6, 6.07) is 3.20. The van der Waals surface area contributed by atoms with Crippen LogP contribution in [0.5, 0.6) is 0 Å². The van der Waals surface area contributed by atoms with E-state index in [0.717, 1.165) is 0 Å². The van der Waals surface area contributed by atoms with Crippen LogP contribution in [-0.4, -0.2) is 30.9 Å². The molecule has 1 aromatic heterocycles. The van der Waals surface area contributed by atoms with E-state index in [1.54, 1.807) is 19.1 Å². The van der Waals surface area contributed by atoms with E-state index < -0.39 is 13.0 Å². The van der Waals surface area contributed by atoms with Crippen LogP contribution in [0, 0.1) is 6.92 Å². The molecule has 0 aromatic carbocycles. The lowest BCUT2D eigenvalue weighted by atomic mass is 10.2. The van der Waals surface area contributed by atoms with Gasteiger partial charge in [-0.1, -0.05) is 19.9 Å². The van der Waals surface area contributed by atoms with Crippen molar-refractivity contribution >= 4 is 11.7 Å². The molecule has 1 rings (SSSR count). The Morgan fingerprint density at radius 2 is 2.00 bits per heavy atom. The minimum absolute atomic E-state index is 0.199. The van der Waals surface area contributed by atoms with Gasteiger partial charge >= 0.3 is 0 Å². The monoisotopic (exact) mass is 259 g/mol. The first-order chi connectivity index (χ1) is 8.54. The maximum Gasteiger partial charge on any atom is 0.269 e. The van der Waals surface area contributed by atoms with Gasteiger partial charge in [-0.05, 0) is 18.6 Å². The zero-order valence-corrected chi connectivity index (χ0v) is 11.1. The van der Waals surface area contributed by atoms with Crippen molar-refractivity contribution < 1.29 is 13.6 Å². The summed E-state index contributed by atoms with van der Waals surface area (Å²) >= 11 is 0. The first-order valence-corrected chi connectivity index (χ1v) is 5.76. The lowest BCUT2D eigenvalue weighted by Crippen LogP contribution is -2.20. The Balaban J connectivity index is 0.00000137. The average molecular weight is 259 g/mol. The van der Waals surface area contributed by atoms with Gasteiger partial charge in [0.05, 0.1) is 6.54 Å². The number of carbonyl (C=O) groups excluding carboxylic acids is 1. The Kier molecular flexibility index (Phi) is 7.58. The molecule has 6 heteroatoms. The van der Waals surface area contributed by atoms with Gasteiger partial charge in [0, 0.05) is 7.05 Å². The fraction of sp³-hybridized carbons (Fsp3) is 0.500. The lowest BCUT2D eigenvalue weighted by molar-refractivity contribution is 0.0958. The van der Waals surface area contributed by atoms with E-state index >= 15 is 0 Å². The summed E-state index contributed by atoms with van der Waals surface area (Å²) in [6.07, 6.45) is -2.45. The molecule has 1 amide bonds. The summed E-state index contributed by atoms with van der Waals surface area (Å²) in [7, 11) is 1.48. The minimum Gasteiger partial charge on any atom is -0.364 e. The van der Waals surface area contributed by atoms with Crippen molar-refractivity contribution in [1.82, 2.24) is 10.3 Å². The second-order valence-corrected chi connectivity index (χ2v) is 3.21. The van der Waals surface area contributed by atoms with Crippen molar-refractivity contribution in [1.29, 1.82) is 0 Å². The molecule has 18 heavy (non-hydrogen) atoms. The molecule has 0 radical (unpaired) electrons. The van der Waals surface area contributed by atoms with Crippen LogP contribution in [0.4, 0.5) is 14.6 Å². The largest absolute Gasteiger partial charge is 0.364 e. The molecule has 0 aliphatic carbocycles. The first-order valence-electron chi connectivity index (χ1n) is 5.76. The Labute approximate surface area is 106 Å². The van der Waals surface area contributed by atoms with E-state index in [9.17, 15) is 13.6 Å². The number of hydrogen-bond acceptors (Lipinski definition) is 3. The Morgan fingerprint density at radius 1 is 1.39 bits per heavy atom. The number of amides is 1. The number of carbonyl (C=O) groups is 1. The number of nitrogens with one attached hydrogen (secondary N) is 2. The zero-order valence-electron chi connectivity index (χ0n) is 11.1. The van der Waals surface area contributed by atoms with Crippen molar-refractivity contribution in [3.05, 3.63) is 23.4 Å². The van der Waals surface area contributed by atoms with Crippen LogP contribution in [0.25, 0.3) is 0 Å². The van der Waals surface area contributed by atoms with Crippen LogP contribution in [0.3, 0.4) is 0 Å². The number of aryl methyl sites for hydroxylation is 1. The summed E-state index contributed by atoms with van der Waals surface area (Å²) in [5.41, 5.74) is 0.915. The quantitative estimate of drug-likeness (QED) is 0.873. The van der Waals surface area contributed by atoms with Gasteiger partial charge in [0.25, 0.3) is 12.3 Å². The molecule has 0 fully saturated rings. The summed E-state index contributed by atoms with van der Waals surface area (Å²) in [4.78, 5) is 15.2. The fourth-order valence-corrected chi connectivity index (χ4v) is 1.14. The normalized spacial score (nSPS) is 9.50. The Bertz CT molecular complexity index is 384. The topological polar surface area (TPSA) is 54.0 Å². The highest BCUT2D eigenvalue weighted by atomic mass is 19.3. The molecule has 0 spiro atoms. The predicted molar refractivity (Wildman–Crippen MR) is 68.2 cm³/mol. The molecule has 102 valence electrons. The number of pyridine rings is 1. The van der Waals surface area contributed by atoms with Crippen molar-refractivity contribution in [2.45, 2.75) is 27.2 Å². The van der Waals surface area contributed by atoms with Gasteiger partial charge in [0.1, 0.15) is 11.5 Å². The van der Waals surface area contributed by atoms with E-state index in [2.05, 4.69) is 15.6 Å². The molecule has 0 aliphatic heterocycles. The fourth-order valence-electron chi connectivity index (χ4n) is 1.14. The van der Waals surface area contributed by atoms with Gasteiger partial charge in [-0.3, -0.25) is 4.79 Å². The third-order valence-corrected chi connectivity index (χ3v) is 1.98. The van der Waals surface area contributed by atoms with Crippen LogP contribution in [0.2, 0.25) is 0 Å². The molecular formula is C12H19F2N3O. The van der Waals surface area contributed by atoms with Crippen molar-refractivity contribution in [2.24, 2.45) is 0 Å². The molecule has 0 saturated heterocycles. The number of nitrogens with zero attached hydrogens (tertiary/aromatic N) is 1. The Morgan fingerprint density at radius 3 is 2.50 bits per heavy atom. The second-order valence-electron chi connectivity index (χ2n) is 3.21. The SMILES string of the molecule is CC.CNC(=O)c1ccc(C)c(NCC(F)F)n1. The molecule has 0 aliphatic rings. The van der Waals surface area contributed by atoms with E-state index in [1.165, 1.54) is 7.05 Å². The average Bonchev–Trinajstić information content (AvgIpc) is 2.39. The summed E-state index contributed by atoms with van der Waals surface area (Å²) < 4.78 is 24.0. The highest BCUT2D eigenvalue weighted by molar-refractivity contribution is 5.92. The van der Waals surface area contributed by atoms with Gasteiger partial charge in [0.2, 0.25) is 0 Å². The molecule has 0 saturated carbocycles. The minimum atomic E-state index is -2.45. The van der Waals surface area contributed by atoms with Crippen LogP contribution in [0.15, 0.2) is 12.1 Å². The second kappa shape index (κ2) is 8.38. The number of hydrogen-bond donors (Lipinski definition) is 2. The third kappa shape index (κ3) is 5.07. The van der Waals surface area contributed by atoms with Crippen LogP contribution < -0.4 is 10.6 Å². The standard InChI is InChI=1S/C10H13F2N3O.C2H6/c1-6-3-4-7(10(16)13-2)15-9(6)14-5-8(11)12;1-2/h3-4,8H,5H2,1-2H3,(H,13,16)(H,14,15);1-2H3. The highest BCUT2D eigenvalue weighted by Crippen LogP contribution is 2.12. The van der Waals surface area contributed by atoms with E-state index in [1.807, 2.05) is 13.8 Å². The molecule has 1 heterocycles. The van der Waals surface area contributed by atoms with Crippen LogP contribution in [-0.2, 0) is 0 Å². The zero-order chi connectivity index (χ0) is 14.1. The van der Waals surface area contributed by atoms with Crippen LogP contribution >= 0.6 is 0 Å². The molecule has 1 aromatic rings. The molecule has 2 N–H and O–H groups in total. The lowest BCUT2D eigenvalue weighted by Gasteiger charge is -2.09. The third-order valence-electron chi connectivity index (χ3n) is 1.98. The molecule has 0 atom stereocenters. The maximum atomic E-state index is 12.0. The summed E-state index contributed by atoms with van der Waals surface area (Å²) in [5.74, 6) is -0.0403. The van der Waals surface area contributed by atoms with E-state index in [-0.39, 0.29) is 11.6 Å².